The van der Waals surface area contributed by atoms with Gasteiger partial charge in [-0.3, -0.25) is 0 Å². The number of ether oxygens (including phenoxy) is 1. The van der Waals surface area contributed by atoms with Crippen LogP contribution in [0, 0.1) is 0 Å². The third-order valence-electron chi connectivity index (χ3n) is 2.31. The third-order valence-corrected chi connectivity index (χ3v) is 2.52. The SMILES string of the molecule is CCOCCN(CC)c1cnc(C(N)=S)cn1. The first kappa shape index (κ1) is 13.8. The van der Waals surface area contributed by atoms with Crippen LogP contribution in [0.15, 0.2) is 12.4 Å². The van der Waals surface area contributed by atoms with Gasteiger partial charge < -0.3 is 15.4 Å². The van der Waals surface area contributed by atoms with Gasteiger partial charge in [-0.25, -0.2) is 9.97 Å². The Kier molecular flexibility index (Phi) is 5.79. The van der Waals surface area contributed by atoms with Crippen molar-refractivity contribution in [2.24, 2.45) is 5.73 Å². The van der Waals surface area contributed by atoms with E-state index in [0.29, 0.717) is 12.3 Å². The largest absolute Gasteiger partial charge is 0.388 e. The van der Waals surface area contributed by atoms with Crippen LogP contribution in [-0.4, -0.2) is 41.3 Å². The summed E-state index contributed by atoms with van der Waals surface area (Å²) >= 11 is 4.83. The maximum absolute atomic E-state index is 5.47. The van der Waals surface area contributed by atoms with E-state index in [1.165, 1.54) is 0 Å². The molecule has 5 nitrogen and oxygen atoms in total. The molecule has 0 atom stereocenters. The molecule has 0 spiro atoms. The highest BCUT2D eigenvalue weighted by atomic mass is 32.1. The zero-order valence-corrected chi connectivity index (χ0v) is 11.0. The van der Waals surface area contributed by atoms with Gasteiger partial charge in [-0.05, 0) is 13.8 Å². The van der Waals surface area contributed by atoms with E-state index in [9.17, 15) is 0 Å². The fourth-order valence-electron chi connectivity index (χ4n) is 1.37. The smallest absolute Gasteiger partial charge is 0.147 e. The highest BCUT2D eigenvalue weighted by molar-refractivity contribution is 7.80. The number of nitrogens with zero attached hydrogens (tertiary/aromatic N) is 3. The molecule has 1 aromatic rings. The molecule has 0 fully saturated rings. The first-order valence-corrected chi connectivity index (χ1v) is 6.04. The van der Waals surface area contributed by atoms with Crippen LogP contribution in [0.5, 0.6) is 0 Å². The lowest BCUT2D eigenvalue weighted by Crippen LogP contribution is -2.28. The zero-order valence-electron chi connectivity index (χ0n) is 10.2. The molecule has 1 heterocycles. The lowest BCUT2D eigenvalue weighted by molar-refractivity contribution is 0.154. The molecule has 0 amide bonds. The number of hydrogen-bond donors (Lipinski definition) is 1. The van der Waals surface area contributed by atoms with E-state index in [0.717, 1.165) is 25.5 Å². The minimum atomic E-state index is 0.265. The number of rotatable bonds is 7. The van der Waals surface area contributed by atoms with E-state index in [-0.39, 0.29) is 4.99 Å². The molecule has 2 N–H and O–H groups in total. The van der Waals surface area contributed by atoms with Crippen LogP contribution < -0.4 is 10.6 Å². The summed E-state index contributed by atoms with van der Waals surface area (Å²) in [6, 6.07) is 0. The standard InChI is InChI=1S/C11H18N4OS/c1-3-15(5-6-16-4-2)10-8-13-9(7-14-10)11(12)17/h7-8H,3-6H2,1-2H3,(H2,12,17). The molecule has 0 aliphatic carbocycles. The van der Waals surface area contributed by atoms with Crippen molar-refractivity contribution in [1.82, 2.24) is 9.97 Å². The Morgan fingerprint density at radius 1 is 1.41 bits per heavy atom. The Hall–Kier alpha value is -1.27. The minimum absolute atomic E-state index is 0.265. The van der Waals surface area contributed by atoms with Gasteiger partial charge in [0.15, 0.2) is 0 Å². The summed E-state index contributed by atoms with van der Waals surface area (Å²) in [5, 5.41) is 0. The topological polar surface area (TPSA) is 64.3 Å². The summed E-state index contributed by atoms with van der Waals surface area (Å²) in [6.07, 6.45) is 3.28. The van der Waals surface area contributed by atoms with Gasteiger partial charge >= 0.3 is 0 Å². The van der Waals surface area contributed by atoms with Crippen LogP contribution in [0.4, 0.5) is 5.82 Å². The number of anilines is 1. The number of thiocarbonyl (C=S) groups is 1. The summed E-state index contributed by atoms with van der Waals surface area (Å²) in [5.41, 5.74) is 6.01. The Bertz CT molecular complexity index is 355. The molecule has 0 aliphatic heterocycles. The van der Waals surface area contributed by atoms with Gasteiger partial charge in [0.05, 0.1) is 19.0 Å². The highest BCUT2D eigenvalue weighted by Gasteiger charge is 2.06. The van der Waals surface area contributed by atoms with Crippen molar-refractivity contribution in [3.05, 3.63) is 18.1 Å². The van der Waals surface area contributed by atoms with Crippen LogP contribution in [-0.2, 0) is 4.74 Å². The summed E-state index contributed by atoms with van der Waals surface area (Å²) in [4.78, 5) is 10.8. The van der Waals surface area contributed by atoms with Crippen LogP contribution in [0.2, 0.25) is 0 Å². The number of likely N-dealkylation sites (N-methyl/N-ethyl adjacent to an activating group) is 1. The van der Waals surface area contributed by atoms with Crippen molar-refractivity contribution in [3.8, 4) is 0 Å². The molecule has 0 unspecified atom stereocenters. The van der Waals surface area contributed by atoms with Crippen LogP contribution >= 0.6 is 12.2 Å². The summed E-state index contributed by atoms with van der Waals surface area (Å²) < 4.78 is 5.32. The predicted molar refractivity (Wildman–Crippen MR) is 72.3 cm³/mol. The maximum Gasteiger partial charge on any atom is 0.147 e. The van der Waals surface area contributed by atoms with Crippen molar-refractivity contribution in [2.75, 3.05) is 31.2 Å². The second-order valence-corrected chi connectivity index (χ2v) is 3.84. The molecule has 94 valence electrons. The first-order chi connectivity index (χ1) is 8.19. The number of hydrogen-bond acceptors (Lipinski definition) is 5. The molecular formula is C11H18N4OS. The Balaban J connectivity index is 2.65. The maximum atomic E-state index is 5.47. The highest BCUT2D eigenvalue weighted by Crippen LogP contribution is 2.08. The summed E-state index contributed by atoms with van der Waals surface area (Å²) in [5.74, 6) is 0.812. The normalized spacial score (nSPS) is 10.2. The average molecular weight is 254 g/mol. The lowest BCUT2D eigenvalue weighted by atomic mass is 10.4. The van der Waals surface area contributed by atoms with Gasteiger partial charge in [0.25, 0.3) is 0 Å². The van der Waals surface area contributed by atoms with E-state index in [1.807, 2.05) is 6.92 Å². The minimum Gasteiger partial charge on any atom is -0.388 e. The van der Waals surface area contributed by atoms with E-state index in [4.69, 9.17) is 22.7 Å². The van der Waals surface area contributed by atoms with Gasteiger partial charge in [-0.1, -0.05) is 12.2 Å². The second-order valence-electron chi connectivity index (χ2n) is 3.40. The average Bonchev–Trinajstić information content (AvgIpc) is 2.35. The van der Waals surface area contributed by atoms with Crippen molar-refractivity contribution in [1.29, 1.82) is 0 Å². The second kappa shape index (κ2) is 7.13. The van der Waals surface area contributed by atoms with E-state index < -0.39 is 0 Å². The Labute approximate surface area is 107 Å². The fraction of sp³-hybridized carbons (Fsp3) is 0.545. The molecule has 1 aromatic heterocycles. The van der Waals surface area contributed by atoms with Crippen molar-refractivity contribution in [3.63, 3.8) is 0 Å². The first-order valence-electron chi connectivity index (χ1n) is 5.63. The Morgan fingerprint density at radius 2 is 2.18 bits per heavy atom. The molecule has 0 aliphatic rings. The number of nitrogens with two attached hydrogens (primary N) is 1. The molecule has 1 rings (SSSR count). The molecule has 0 saturated heterocycles. The molecule has 17 heavy (non-hydrogen) atoms. The molecule has 6 heteroatoms. The van der Waals surface area contributed by atoms with Gasteiger partial charge in [-0.2, -0.15) is 0 Å². The van der Waals surface area contributed by atoms with Gasteiger partial charge in [0.1, 0.15) is 16.5 Å². The molecular weight excluding hydrogens is 236 g/mol. The van der Waals surface area contributed by atoms with Gasteiger partial charge in [-0.15, -0.1) is 0 Å². The van der Waals surface area contributed by atoms with E-state index in [1.54, 1.807) is 12.4 Å². The van der Waals surface area contributed by atoms with E-state index >= 15 is 0 Å². The monoisotopic (exact) mass is 254 g/mol. The Morgan fingerprint density at radius 3 is 2.65 bits per heavy atom. The van der Waals surface area contributed by atoms with Crippen LogP contribution in [0.1, 0.15) is 19.5 Å². The summed E-state index contributed by atoms with van der Waals surface area (Å²) in [7, 11) is 0. The zero-order chi connectivity index (χ0) is 12.7. The molecule has 0 bridgehead atoms. The van der Waals surface area contributed by atoms with Gasteiger partial charge in [0.2, 0.25) is 0 Å². The third kappa shape index (κ3) is 4.24. The molecule has 0 aromatic carbocycles. The molecule has 0 saturated carbocycles. The van der Waals surface area contributed by atoms with Crippen molar-refractivity contribution in [2.45, 2.75) is 13.8 Å². The van der Waals surface area contributed by atoms with E-state index in [2.05, 4.69) is 21.8 Å². The fourth-order valence-corrected chi connectivity index (χ4v) is 1.47. The van der Waals surface area contributed by atoms with Crippen molar-refractivity contribution < 1.29 is 4.74 Å². The quantitative estimate of drug-likeness (QED) is 0.578. The van der Waals surface area contributed by atoms with Crippen LogP contribution in [0.25, 0.3) is 0 Å². The molecule has 0 radical (unpaired) electrons. The number of aromatic nitrogens is 2. The summed E-state index contributed by atoms with van der Waals surface area (Å²) in [6.45, 7) is 7.11. The van der Waals surface area contributed by atoms with Crippen molar-refractivity contribution >= 4 is 23.0 Å². The van der Waals surface area contributed by atoms with Crippen LogP contribution in [0.3, 0.4) is 0 Å². The van der Waals surface area contributed by atoms with Gasteiger partial charge in [0, 0.05) is 19.7 Å². The predicted octanol–water partition coefficient (Wildman–Crippen LogP) is 0.974. The lowest BCUT2D eigenvalue weighted by Gasteiger charge is -2.21.